The van der Waals surface area contributed by atoms with Gasteiger partial charge < -0.3 is 10.2 Å². The van der Waals surface area contributed by atoms with E-state index in [1.54, 1.807) is 30.3 Å². The first-order valence-electron chi connectivity index (χ1n) is 14.1. The molecule has 1 atom stereocenters. The molecule has 0 saturated carbocycles. The van der Waals surface area contributed by atoms with Crippen LogP contribution in [0.4, 0.5) is 10.1 Å². The topological polar surface area (TPSA) is 86.8 Å². The van der Waals surface area contributed by atoms with Gasteiger partial charge in [0, 0.05) is 23.5 Å². The fourth-order valence-electron chi connectivity index (χ4n) is 4.65. The first kappa shape index (κ1) is 32.7. The van der Waals surface area contributed by atoms with Gasteiger partial charge in [0.2, 0.25) is 11.8 Å². The second kappa shape index (κ2) is 14.1. The maximum atomic E-state index is 14.4. The molecule has 1 N–H and O–H groups in total. The molecule has 0 bridgehead atoms. The van der Waals surface area contributed by atoms with Crippen LogP contribution < -0.4 is 9.62 Å². The van der Waals surface area contributed by atoms with Crippen molar-refractivity contribution in [3.8, 4) is 0 Å². The van der Waals surface area contributed by atoms with Crippen LogP contribution in [0.3, 0.4) is 0 Å². The minimum atomic E-state index is -4.23. The molecule has 1 unspecified atom stereocenters. The van der Waals surface area contributed by atoms with E-state index in [0.717, 1.165) is 9.87 Å². The summed E-state index contributed by atoms with van der Waals surface area (Å²) in [6.45, 7) is 4.87. The number of carbonyl (C=O) groups is 2. The standard InChI is InChI=1S/C34H35ClFN3O4S/c1-34(2,3)37-33(41)31(22-25-10-6-4-7-11-25)38(23-26-14-18-28(36)19-15-26)32(40)24-39(29-12-8-5-9-13-29)44(42,43)30-20-16-27(35)17-21-30/h4-21,31H,22-24H2,1-3H3,(H,37,41). The van der Waals surface area contributed by atoms with Gasteiger partial charge in [0.25, 0.3) is 10.0 Å². The molecule has 0 aromatic heterocycles. The van der Waals surface area contributed by atoms with Gasteiger partial charge in [-0.3, -0.25) is 13.9 Å². The van der Waals surface area contributed by atoms with Gasteiger partial charge in [-0.1, -0.05) is 72.3 Å². The van der Waals surface area contributed by atoms with Crippen LogP contribution in [0.1, 0.15) is 31.9 Å². The molecule has 7 nitrogen and oxygen atoms in total. The predicted molar refractivity (Wildman–Crippen MR) is 171 cm³/mol. The molecule has 0 aliphatic carbocycles. The Kier molecular flexibility index (Phi) is 10.4. The second-order valence-electron chi connectivity index (χ2n) is 11.4. The van der Waals surface area contributed by atoms with Gasteiger partial charge in [-0.2, -0.15) is 0 Å². The van der Waals surface area contributed by atoms with Crippen molar-refractivity contribution in [2.24, 2.45) is 0 Å². The molecule has 0 aliphatic heterocycles. The summed E-state index contributed by atoms with van der Waals surface area (Å²) in [6, 6.07) is 27.9. The van der Waals surface area contributed by atoms with Gasteiger partial charge in [-0.25, -0.2) is 12.8 Å². The van der Waals surface area contributed by atoms with Crippen LogP contribution in [0.5, 0.6) is 0 Å². The number of hydrogen-bond donors (Lipinski definition) is 1. The van der Waals surface area contributed by atoms with Crippen LogP contribution in [0.25, 0.3) is 0 Å². The Morgan fingerprint density at radius 1 is 0.818 bits per heavy atom. The summed E-state index contributed by atoms with van der Waals surface area (Å²) in [4.78, 5) is 29.6. The summed E-state index contributed by atoms with van der Waals surface area (Å²) < 4.78 is 42.8. The van der Waals surface area contributed by atoms with E-state index in [1.165, 1.54) is 53.4 Å². The average Bonchev–Trinajstić information content (AvgIpc) is 2.98. The number of nitrogens with zero attached hydrogens (tertiary/aromatic N) is 2. The number of carbonyl (C=O) groups excluding carboxylic acids is 2. The van der Waals surface area contributed by atoms with Crippen molar-refractivity contribution in [3.63, 3.8) is 0 Å². The molecule has 0 heterocycles. The van der Waals surface area contributed by atoms with E-state index in [4.69, 9.17) is 11.6 Å². The number of nitrogens with one attached hydrogen (secondary N) is 1. The van der Waals surface area contributed by atoms with Crippen molar-refractivity contribution >= 4 is 39.1 Å². The Bertz CT molecular complexity index is 1660. The Hall–Kier alpha value is -4.21. The largest absolute Gasteiger partial charge is 0.350 e. The molecular formula is C34H35ClFN3O4S. The van der Waals surface area contributed by atoms with Crippen LogP contribution in [0.15, 0.2) is 114 Å². The van der Waals surface area contributed by atoms with Gasteiger partial charge in [0.15, 0.2) is 0 Å². The lowest BCUT2D eigenvalue weighted by atomic mass is 10.0. The molecule has 2 amide bonds. The number of rotatable bonds is 11. The fraction of sp³-hybridized carbons (Fsp3) is 0.235. The van der Waals surface area contributed by atoms with Crippen LogP contribution in [-0.2, 0) is 32.6 Å². The highest BCUT2D eigenvalue weighted by Gasteiger charge is 2.35. The summed E-state index contributed by atoms with van der Waals surface area (Å²) in [7, 11) is -4.23. The normalized spacial score (nSPS) is 12.3. The highest BCUT2D eigenvalue weighted by atomic mass is 35.5. The van der Waals surface area contributed by atoms with E-state index in [0.29, 0.717) is 10.6 Å². The molecule has 44 heavy (non-hydrogen) atoms. The highest BCUT2D eigenvalue weighted by Crippen LogP contribution is 2.26. The van der Waals surface area contributed by atoms with Crippen molar-refractivity contribution in [1.29, 1.82) is 0 Å². The second-order valence-corrected chi connectivity index (χ2v) is 13.7. The first-order valence-corrected chi connectivity index (χ1v) is 15.9. The third kappa shape index (κ3) is 8.67. The molecule has 0 radical (unpaired) electrons. The number of benzene rings is 4. The van der Waals surface area contributed by atoms with E-state index < -0.39 is 45.8 Å². The Morgan fingerprint density at radius 2 is 1.39 bits per heavy atom. The van der Waals surface area contributed by atoms with Crippen molar-refractivity contribution in [1.82, 2.24) is 10.2 Å². The van der Waals surface area contributed by atoms with E-state index >= 15 is 0 Å². The fourth-order valence-corrected chi connectivity index (χ4v) is 6.19. The van der Waals surface area contributed by atoms with Gasteiger partial charge >= 0.3 is 0 Å². The van der Waals surface area contributed by atoms with Crippen molar-refractivity contribution < 1.29 is 22.4 Å². The van der Waals surface area contributed by atoms with Crippen LogP contribution >= 0.6 is 11.6 Å². The molecule has 0 fully saturated rings. The van der Waals surface area contributed by atoms with Crippen molar-refractivity contribution in [2.75, 3.05) is 10.8 Å². The van der Waals surface area contributed by atoms with Crippen molar-refractivity contribution in [2.45, 2.75) is 50.2 Å². The molecule has 0 saturated heterocycles. The lowest BCUT2D eigenvalue weighted by Crippen LogP contribution is -2.56. The molecule has 230 valence electrons. The zero-order chi connectivity index (χ0) is 31.9. The maximum absolute atomic E-state index is 14.4. The van der Waals surface area contributed by atoms with Gasteiger partial charge in [0.1, 0.15) is 18.4 Å². The summed E-state index contributed by atoms with van der Waals surface area (Å²) >= 11 is 6.02. The Labute approximate surface area is 263 Å². The third-order valence-electron chi connectivity index (χ3n) is 6.76. The van der Waals surface area contributed by atoms with Crippen LogP contribution in [0.2, 0.25) is 5.02 Å². The van der Waals surface area contributed by atoms with E-state index in [-0.39, 0.29) is 23.5 Å². The monoisotopic (exact) mass is 635 g/mol. The molecule has 4 aromatic rings. The van der Waals surface area contributed by atoms with Crippen LogP contribution in [0, 0.1) is 5.82 Å². The minimum absolute atomic E-state index is 0.0463. The van der Waals surface area contributed by atoms with Gasteiger partial charge in [-0.15, -0.1) is 0 Å². The lowest BCUT2D eigenvalue weighted by molar-refractivity contribution is -0.140. The average molecular weight is 636 g/mol. The summed E-state index contributed by atoms with van der Waals surface area (Å²) in [5, 5.41) is 3.35. The number of hydrogen-bond acceptors (Lipinski definition) is 4. The zero-order valence-corrected chi connectivity index (χ0v) is 26.4. The highest BCUT2D eigenvalue weighted by molar-refractivity contribution is 7.92. The number of halogens is 2. The molecule has 0 aliphatic rings. The Morgan fingerprint density at radius 3 is 1.95 bits per heavy atom. The summed E-state index contributed by atoms with van der Waals surface area (Å²) in [5.74, 6) is -1.45. The Balaban J connectivity index is 1.79. The quantitative estimate of drug-likeness (QED) is 0.212. The molecule has 4 aromatic carbocycles. The molecule has 10 heteroatoms. The first-order chi connectivity index (χ1) is 20.8. The van der Waals surface area contributed by atoms with Crippen LogP contribution in [-0.4, -0.2) is 43.3 Å². The van der Waals surface area contributed by atoms with E-state index in [2.05, 4.69) is 5.32 Å². The molecular weight excluding hydrogens is 601 g/mol. The predicted octanol–water partition coefficient (Wildman–Crippen LogP) is 6.23. The molecule has 4 rings (SSSR count). The smallest absolute Gasteiger partial charge is 0.264 e. The maximum Gasteiger partial charge on any atom is 0.264 e. The SMILES string of the molecule is CC(C)(C)NC(=O)C(Cc1ccccc1)N(Cc1ccc(F)cc1)C(=O)CN(c1ccccc1)S(=O)(=O)c1ccc(Cl)cc1. The summed E-state index contributed by atoms with van der Waals surface area (Å²) in [5.41, 5.74) is 1.06. The third-order valence-corrected chi connectivity index (χ3v) is 8.80. The zero-order valence-electron chi connectivity index (χ0n) is 24.8. The van der Waals surface area contributed by atoms with Gasteiger partial charge in [-0.05, 0) is 80.4 Å². The van der Waals surface area contributed by atoms with Crippen molar-refractivity contribution in [3.05, 3.63) is 131 Å². The molecule has 0 spiro atoms. The number of sulfonamides is 1. The lowest BCUT2D eigenvalue weighted by Gasteiger charge is -2.35. The minimum Gasteiger partial charge on any atom is -0.350 e. The summed E-state index contributed by atoms with van der Waals surface area (Å²) in [6.07, 6.45) is 0.172. The van der Waals surface area contributed by atoms with Gasteiger partial charge in [0.05, 0.1) is 10.6 Å². The number of anilines is 1. The number of para-hydroxylation sites is 1. The number of amides is 2. The van der Waals surface area contributed by atoms with E-state index in [9.17, 15) is 22.4 Å². The van der Waals surface area contributed by atoms with E-state index in [1.807, 2.05) is 51.1 Å².